The highest BCUT2D eigenvalue weighted by Crippen LogP contribution is 2.22. The highest BCUT2D eigenvalue weighted by atomic mass is 16.1. The van der Waals surface area contributed by atoms with E-state index in [1.165, 1.54) is 0 Å². The van der Waals surface area contributed by atoms with E-state index in [1.807, 2.05) is 38.1 Å². The van der Waals surface area contributed by atoms with E-state index in [4.69, 9.17) is 5.73 Å². The van der Waals surface area contributed by atoms with Crippen LogP contribution in [0, 0.1) is 5.92 Å². The minimum atomic E-state index is -0.0341. The predicted molar refractivity (Wildman–Crippen MR) is 69.6 cm³/mol. The number of nitrogens with zero attached hydrogens (tertiary/aromatic N) is 1. The van der Waals surface area contributed by atoms with Crippen LogP contribution in [-0.2, 0) is 4.79 Å². The number of anilines is 2. The van der Waals surface area contributed by atoms with Crippen molar-refractivity contribution in [1.29, 1.82) is 0 Å². The molecular formula is C13H15N3O. The van der Waals surface area contributed by atoms with E-state index in [9.17, 15) is 4.79 Å². The largest absolute Gasteiger partial charge is 0.383 e. The molecule has 0 fully saturated rings. The first-order valence-corrected chi connectivity index (χ1v) is 5.53. The maximum Gasteiger partial charge on any atom is 0.226 e. The molecule has 0 unspecified atom stereocenters. The number of rotatable bonds is 2. The fourth-order valence-electron chi connectivity index (χ4n) is 1.57. The normalized spacial score (nSPS) is 10.8. The van der Waals surface area contributed by atoms with Crippen molar-refractivity contribution in [2.24, 2.45) is 5.92 Å². The predicted octanol–water partition coefficient (Wildman–Crippen LogP) is 2.41. The lowest BCUT2D eigenvalue weighted by molar-refractivity contribution is -0.118. The molecule has 2 rings (SSSR count). The zero-order chi connectivity index (χ0) is 12.4. The molecule has 1 amide bonds. The number of fused-ring (bicyclic) bond motifs is 1. The Balaban J connectivity index is 2.35. The van der Waals surface area contributed by atoms with Gasteiger partial charge in [0.2, 0.25) is 5.91 Å². The summed E-state index contributed by atoms with van der Waals surface area (Å²) in [6, 6.07) is 7.47. The van der Waals surface area contributed by atoms with E-state index >= 15 is 0 Å². The number of nitrogen functional groups attached to an aromatic ring is 1. The van der Waals surface area contributed by atoms with Crippen molar-refractivity contribution >= 4 is 28.2 Å². The molecule has 0 saturated carbocycles. The maximum atomic E-state index is 11.6. The molecule has 0 aliphatic rings. The second-order valence-electron chi connectivity index (χ2n) is 4.28. The average molecular weight is 229 g/mol. The van der Waals surface area contributed by atoms with E-state index in [0.29, 0.717) is 5.82 Å². The molecule has 0 radical (unpaired) electrons. The Morgan fingerprint density at radius 1 is 1.35 bits per heavy atom. The van der Waals surface area contributed by atoms with Crippen LogP contribution in [0.1, 0.15) is 13.8 Å². The highest BCUT2D eigenvalue weighted by Gasteiger charge is 2.07. The number of hydrogen-bond donors (Lipinski definition) is 2. The van der Waals surface area contributed by atoms with Gasteiger partial charge in [0, 0.05) is 23.2 Å². The number of aromatic nitrogens is 1. The van der Waals surface area contributed by atoms with E-state index < -0.39 is 0 Å². The van der Waals surface area contributed by atoms with Gasteiger partial charge in [-0.1, -0.05) is 13.8 Å². The molecule has 0 aliphatic carbocycles. The van der Waals surface area contributed by atoms with Crippen LogP contribution < -0.4 is 11.1 Å². The van der Waals surface area contributed by atoms with Crippen LogP contribution in [0.3, 0.4) is 0 Å². The zero-order valence-electron chi connectivity index (χ0n) is 9.90. The first-order valence-electron chi connectivity index (χ1n) is 5.53. The summed E-state index contributed by atoms with van der Waals surface area (Å²) < 4.78 is 0. The average Bonchev–Trinajstić information content (AvgIpc) is 2.29. The van der Waals surface area contributed by atoms with Crippen LogP contribution in [0.25, 0.3) is 10.8 Å². The summed E-state index contributed by atoms with van der Waals surface area (Å²) in [5.41, 5.74) is 6.54. The minimum Gasteiger partial charge on any atom is -0.383 e. The van der Waals surface area contributed by atoms with Crippen molar-refractivity contribution in [2.75, 3.05) is 11.1 Å². The molecule has 4 nitrogen and oxygen atoms in total. The summed E-state index contributed by atoms with van der Waals surface area (Å²) >= 11 is 0. The molecule has 3 N–H and O–H groups in total. The van der Waals surface area contributed by atoms with Crippen LogP contribution in [-0.4, -0.2) is 10.9 Å². The topological polar surface area (TPSA) is 68.0 Å². The van der Waals surface area contributed by atoms with Crippen molar-refractivity contribution in [3.63, 3.8) is 0 Å². The quantitative estimate of drug-likeness (QED) is 0.830. The van der Waals surface area contributed by atoms with Crippen LogP contribution in [0.5, 0.6) is 0 Å². The Labute approximate surface area is 99.8 Å². The van der Waals surface area contributed by atoms with Gasteiger partial charge in [0.05, 0.1) is 0 Å². The molecule has 17 heavy (non-hydrogen) atoms. The first-order chi connectivity index (χ1) is 8.08. The van der Waals surface area contributed by atoms with Gasteiger partial charge in [0.15, 0.2) is 0 Å². The summed E-state index contributed by atoms with van der Waals surface area (Å²) in [6.45, 7) is 3.72. The minimum absolute atomic E-state index is 0.00591. The first kappa shape index (κ1) is 11.4. The molecule has 88 valence electrons. The lowest BCUT2D eigenvalue weighted by atomic mass is 10.1. The van der Waals surface area contributed by atoms with Gasteiger partial charge < -0.3 is 11.1 Å². The fourth-order valence-corrected chi connectivity index (χ4v) is 1.57. The molecule has 0 aliphatic heterocycles. The van der Waals surface area contributed by atoms with Crippen molar-refractivity contribution in [2.45, 2.75) is 13.8 Å². The number of hydrogen-bond acceptors (Lipinski definition) is 3. The molecule has 0 bridgehead atoms. The molecule has 1 aromatic heterocycles. The number of pyridine rings is 1. The Morgan fingerprint density at radius 2 is 2.12 bits per heavy atom. The third kappa shape index (κ3) is 2.36. The second kappa shape index (κ2) is 4.41. The lowest BCUT2D eigenvalue weighted by Gasteiger charge is -2.09. The van der Waals surface area contributed by atoms with Gasteiger partial charge in [0.1, 0.15) is 5.82 Å². The fraction of sp³-hybridized carbons (Fsp3) is 0.231. The number of carbonyl (C=O) groups excluding carboxylic acids is 1. The molecular weight excluding hydrogens is 214 g/mol. The van der Waals surface area contributed by atoms with Gasteiger partial charge >= 0.3 is 0 Å². The Hall–Kier alpha value is -2.10. The zero-order valence-corrected chi connectivity index (χ0v) is 9.90. The van der Waals surface area contributed by atoms with Gasteiger partial charge in [-0.2, -0.15) is 0 Å². The molecule has 1 aromatic carbocycles. The third-order valence-corrected chi connectivity index (χ3v) is 2.59. The van der Waals surface area contributed by atoms with Crippen molar-refractivity contribution in [3.05, 3.63) is 30.5 Å². The Morgan fingerprint density at radius 3 is 2.82 bits per heavy atom. The number of nitrogens with two attached hydrogens (primary N) is 1. The number of amides is 1. The number of benzene rings is 1. The van der Waals surface area contributed by atoms with E-state index in [0.717, 1.165) is 16.5 Å². The standard InChI is InChI=1S/C13H15N3O/c1-8(2)13(17)16-10-3-4-11-9(7-10)5-6-15-12(11)14/h3-8H,1-2H3,(H2,14,15)(H,16,17). The summed E-state index contributed by atoms with van der Waals surface area (Å²) in [4.78, 5) is 15.6. The monoisotopic (exact) mass is 229 g/mol. The highest BCUT2D eigenvalue weighted by molar-refractivity contribution is 5.97. The van der Waals surface area contributed by atoms with Gasteiger partial charge in [-0.05, 0) is 29.7 Å². The van der Waals surface area contributed by atoms with Crippen molar-refractivity contribution < 1.29 is 4.79 Å². The number of carbonyl (C=O) groups is 1. The van der Waals surface area contributed by atoms with Crippen LogP contribution >= 0.6 is 0 Å². The molecule has 1 heterocycles. The second-order valence-corrected chi connectivity index (χ2v) is 4.28. The smallest absolute Gasteiger partial charge is 0.226 e. The van der Waals surface area contributed by atoms with E-state index in [1.54, 1.807) is 6.20 Å². The summed E-state index contributed by atoms with van der Waals surface area (Å²) in [6.07, 6.45) is 1.66. The van der Waals surface area contributed by atoms with Crippen LogP contribution in [0.4, 0.5) is 11.5 Å². The molecule has 0 spiro atoms. The lowest BCUT2D eigenvalue weighted by Crippen LogP contribution is -2.17. The summed E-state index contributed by atoms with van der Waals surface area (Å²) in [7, 11) is 0. The van der Waals surface area contributed by atoms with Gasteiger partial charge in [-0.3, -0.25) is 4.79 Å². The van der Waals surface area contributed by atoms with Gasteiger partial charge in [-0.25, -0.2) is 4.98 Å². The molecule has 0 atom stereocenters. The summed E-state index contributed by atoms with van der Waals surface area (Å²) in [5.74, 6) is 0.476. The number of nitrogens with one attached hydrogen (secondary N) is 1. The van der Waals surface area contributed by atoms with E-state index in [2.05, 4.69) is 10.3 Å². The third-order valence-electron chi connectivity index (χ3n) is 2.59. The Bertz CT molecular complexity index is 564. The van der Waals surface area contributed by atoms with Crippen molar-refractivity contribution in [1.82, 2.24) is 4.98 Å². The van der Waals surface area contributed by atoms with Crippen molar-refractivity contribution in [3.8, 4) is 0 Å². The van der Waals surface area contributed by atoms with Gasteiger partial charge in [-0.15, -0.1) is 0 Å². The van der Waals surface area contributed by atoms with Crippen LogP contribution in [0.2, 0.25) is 0 Å². The van der Waals surface area contributed by atoms with E-state index in [-0.39, 0.29) is 11.8 Å². The Kier molecular flexibility index (Phi) is 2.95. The summed E-state index contributed by atoms with van der Waals surface area (Å²) in [5, 5.41) is 4.72. The van der Waals surface area contributed by atoms with Gasteiger partial charge in [0.25, 0.3) is 0 Å². The molecule has 0 saturated heterocycles. The molecule has 2 aromatic rings. The SMILES string of the molecule is CC(C)C(=O)Nc1ccc2c(N)nccc2c1. The maximum absolute atomic E-state index is 11.6. The molecule has 4 heteroatoms. The van der Waals surface area contributed by atoms with Crippen LogP contribution in [0.15, 0.2) is 30.5 Å².